The number of piperazine rings is 1. The third-order valence-corrected chi connectivity index (χ3v) is 6.10. The summed E-state index contributed by atoms with van der Waals surface area (Å²) < 4.78 is 0. The molecule has 1 N–H and O–H groups in total. The number of amidine groups is 1. The maximum absolute atomic E-state index is 12.3. The number of hydrogen-bond donors (Lipinski definition) is 1. The van der Waals surface area contributed by atoms with Crippen molar-refractivity contribution in [2.45, 2.75) is 13.3 Å². The zero-order chi connectivity index (χ0) is 19.1. The van der Waals surface area contributed by atoms with Gasteiger partial charge in [-0.15, -0.1) is 10.2 Å². The molecule has 7 nitrogen and oxygen atoms in total. The Morgan fingerprint density at radius 2 is 1.96 bits per heavy atom. The molecule has 2 heterocycles. The number of hydrogen-bond acceptors (Lipinski definition) is 7. The Labute approximate surface area is 167 Å². The van der Waals surface area contributed by atoms with Crippen LogP contribution < -0.4 is 5.32 Å². The van der Waals surface area contributed by atoms with Gasteiger partial charge < -0.3 is 9.80 Å². The van der Waals surface area contributed by atoms with Crippen molar-refractivity contribution >= 4 is 45.0 Å². The Bertz CT molecular complexity index is 771. The number of thioether (sulfide) groups is 1. The Kier molecular flexibility index (Phi) is 7.19. The predicted molar refractivity (Wildman–Crippen MR) is 113 cm³/mol. The lowest BCUT2D eigenvalue weighted by Gasteiger charge is -2.34. The van der Waals surface area contributed by atoms with Gasteiger partial charge in [0.1, 0.15) is 5.01 Å². The van der Waals surface area contributed by atoms with E-state index in [4.69, 9.17) is 4.99 Å². The highest BCUT2D eigenvalue weighted by Gasteiger charge is 2.19. The number of anilines is 1. The van der Waals surface area contributed by atoms with Gasteiger partial charge in [0.25, 0.3) is 0 Å². The van der Waals surface area contributed by atoms with Crippen LogP contribution in [0.1, 0.15) is 11.9 Å². The molecular weight excluding hydrogens is 380 g/mol. The minimum absolute atomic E-state index is 0.0892. The Morgan fingerprint density at radius 3 is 2.63 bits per heavy atom. The van der Waals surface area contributed by atoms with Gasteiger partial charge >= 0.3 is 0 Å². The first-order valence-electron chi connectivity index (χ1n) is 8.96. The number of nitrogens with zero attached hydrogens (tertiary/aromatic N) is 5. The van der Waals surface area contributed by atoms with Crippen LogP contribution in [0.3, 0.4) is 0 Å². The van der Waals surface area contributed by atoms with Gasteiger partial charge in [-0.3, -0.25) is 10.1 Å². The highest BCUT2D eigenvalue weighted by Crippen LogP contribution is 2.20. The second kappa shape index (κ2) is 9.82. The van der Waals surface area contributed by atoms with Gasteiger partial charge in [0.2, 0.25) is 11.0 Å². The van der Waals surface area contributed by atoms with E-state index in [-0.39, 0.29) is 5.91 Å². The van der Waals surface area contributed by atoms with Crippen LogP contribution in [0.15, 0.2) is 35.3 Å². The minimum Gasteiger partial charge on any atom is -0.349 e. The molecular formula is C18H24N6OS2. The number of aryl methyl sites for hydroxylation is 1. The average Bonchev–Trinajstić information content (AvgIpc) is 3.14. The minimum atomic E-state index is -0.0892. The number of likely N-dealkylation sites (N-methyl/N-ethyl adjacent to an activating group) is 1. The van der Waals surface area contributed by atoms with Crippen molar-refractivity contribution in [1.82, 2.24) is 20.0 Å². The first-order valence-corrected chi connectivity index (χ1v) is 10.8. The maximum atomic E-state index is 12.3. The van der Waals surface area contributed by atoms with E-state index < -0.39 is 0 Å². The number of nitrogens with one attached hydrogen (secondary N) is 1. The van der Waals surface area contributed by atoms with Gasteiger partial charge in [-0.1, -0.05) is 48.2 Å². The summed E-state index contributed by atoms with van der Waals surface area (Å²) in [6.45, 7) is 5.82. The molecule has 27 heavy (non-hydrogen) atoms. The lowest BCUT2D eigenvalue weighted by atomic mass is 10.3. The maximum Gasteiger partial charge on any atom is 0.236 e. The summed E-state index contributed by atoms with van der Waals surface area (Å²) >= 11 is 2.88. The topological polar surface area (TPSA) is 73.7 Å². The van der Waals surface area contributed by atoms with Crippen LogP contribution in [0.2, 0.25) is 0 Å². The number of para-hydroxylation sites is 1. The van der Waals surface area contributed by atoms with E-state index in [0.717, 1.165) is 48.5 Å². The van der Waals surface area contributed by atoms with Crippen LogP contribution in [-0.2, 0) is 11.2 Å². The van der Waals surface area contributed by atoms with Crippen LogP contribution >= 0.6 is 23.1 Å². The summed E-state index contributed by atoms with van der Waals surface area (Å²) in [5.74, 6) is 0.202. The van der Waals surface area contributed by atoms with Crippen molar-refractivity contribution in [1.29, 1.82) is 0 Å². The standard InChI is InChI=1S/C18H24N6OS2/c1-3-16-21-22-17(27-16)20-15(25)13-26-18(19-14-7-5-4-6-8-14)24-11-9-23(2)10-12-24/h4-8H,3,9-13H2,1-2H3,(H,20,22,25). The molecule has 3 rings (SSSR count). The van der Waals surface area contributed by atoms with Crippen LogP contribution in [0, 0.1) is 0 Å². The molecule has 1 fully saturated rings. The van der Waals surface area contributed by atoms with E-state index in [1.165, 1.54) is 23.1 Å². The summed E-state index contributed by atoms with van der Waals surface area (Å²) in [5.41, 5.74) is 0.899. The number of amides is 1. The first-order chi connectivity index (χ1) is 13.1. The summed E-state index contributed by atoms with van der Waals surface area (Å²) in [4.78, 5) is 21.7. The van der Waals surface area contributed by atoms with Crippen molar-refractivity contribution in [3.8, 4) is 0 Å². The third kappa shape index (κ3) is 6.02. The van der Waals surface area contributed by atoms with Crippen LogP contribution in [0.25, 0.3) is 0 Å². The molecule has 0 unspecified atom stereocenters. The van der Waals surface area contributed by atoms with Gasteiger partial charge in [-0.05, 0) is 25.6 Å². The fourth-order valence-corrected chi connectivity index (χ4v) is 4.10. The molecule has 0 spiro atoms. The van der Waals surface area contributed by atoms with Crippen LogP contribution in [-0.4, -0.2) is 70.1 Å². The molecule has 1 aliphatic heterocycles. The van der Waals surface area contributed by atoms with Gasteiger partial charge in [-0.25, -0.2) is 4.99 Å². The van der Waals surface area contributed by atoms with E-state index in [0.29, 0.717) is 10.9 Å². The third-order valence-electron chi connectivity index (χ3n) is 4.10. The first kappa shape index (κ1) is 19.8. The molecule has 1 aromatic carbocycles. The summed E-state index contributed by atoms with van der Waals surface area (Å²) in [7, 11) is 2.12. The molecule has 0 aliphatic carbocycles. The quantitative estimate of drug-likeness (QED) is 0.610. The Hall–Kier alpha value is -1.97. The van der Waals surface area contributed by atoms with Crippen molar-refractivity contribution in [3.05, 3.63) is 35.3 Å². The van der Waals surface area contributed by atoms with E-state index in [1.54, 1.807) is 0 Å². The largest absolute Gasteiger partial charge is 0.349 e. The molecule has 1 amide bonds. The number of aromatic nitrogens is 2. The van der Waals surface area contributed by atoms with E-state index >= 15 is 0 Å². The molecule has 1 aliphatic rings. The zero-order valence-corrected chi connectivity index (χ0v) is 17.2. The van der Waals surface area contributed by atoms with Crippen molar-refractivity contribution in [3.63, 3.8) is 0 Å². The summed E-state index contributed by atoms with van der Waals surface area (Å²) in [6.07, 6.45) is 0.819. The molecule has 144 valence electrons. The van der Waals surface area contributed by atoms with E-state index in [9.17, 15) is 4.79 Å². The SMILES string of the molecule is CCc1nnc(NC(=O)CSC(=Nc2ccccc2)N2CCN(C)CC2)s1. The lowest BCUT2D eigenvalue weighted by molar-refractivity contribution is -0.113. The van der Waals surface area contributed by atoms with E-state index in [1.807, 2.05) is 37.3 Å². The second-order valence-corrected chi connectivity index (χ2v) is 8.22. The monoisotopic (exact) mass is 404 g/mol. The molecule has 1 aromatic heterocycles. The van der Waals surface area contributed by atoms with Crippen molar-refractivity contribution in [2.75, 3.05) is 44.3 Å². The molecule has 0 atom stereocenters. The van der Waals surface area contributed by atoms with Gasteiger partial charge in [0.15, 0.2) is 5.17 Å². The molecule has 2 aromatic rings. The Balaban J connectivity index is 1.64. The highest BCUT2D eigenvalue weighted by molar-refractivity contribution is 8.14. The number of carbonyl (C=O) groups is 1. The fourth-order valence-electron chi connectivity index (χ4n) is 2.54. The zero-order valence-electron chi connectivity index (χ0n) is 15.6. The van der Waals surface area contributed by atoms with Crippen LogP contribution in [0.4, 0.5) is 10.8 Å². The smallest absolute Gasteiger partial charge is 0.236 e. The van der Waals surface area contributed by atoms with E-state index in [2.05, 4.69) is 32.4 Å². The van der Waals surface area contributed by atoms with Crippen LogP contribution in [0.5, 0.6) is 0 Å². The van der Waals surface area contributed by atoms with Gasteiger partial charge in [-0.2, -0.15) is 0 Å². The number of aliphatic imine (C=N–C) groups is 1. The van der Waals surface area contributed by atoms with Gasteiger partial charge in [0, 0.05) is 26.2 Å². The number of rotatable bonds is 5. The van der Waals surface area contributed by atoms with Gasteiger partial charge in [0.05, 0.1) is 11.4 Å². The lowest BCUT2D eigenvalue weighted by Crippen LogP contribution is -2.46. The van der Waals surface area contributed by atoms with Crippen molar-refractivity contribution < 1.29 is 4.79 Å². The molecule has 9 heteroatoms. The molecule has 0 saturated carbocycles. The number of carbonyl (C=O) groups excluding carboxylic acids is 1. The van der Waals surface area contributed by atoms with Crippen molar-refractivity contribution in [2.24, 2.45) is 4.99 Å². The summed E-state index contributed by atoms with van der Waals surface area (Å²) in [6, 6.07) is 9.87. The normalized spacial score (nSPS) is 15.8. The summed E-state index contributed by atoms with van der Waals surface area (Å²) in [5, 5.41) is 13.2. The average molecular weight is 405 g/mol. The fraction of sp³-hybridized carbons (Fsp3) is 0.444. The highest BCUT2D eigenvalue weighted by atomic mass is 32.2. The molecule has 1 saturated heterocycles. The Morgan fingerprint density at radius 1 is 1.22 bits per heavy atom. The predicted octanol–water partition coefficient (Wildman–Crippen LogP) is 2.71. The molecule has 0 radical (unpaired) electrons. The molecule has 0 bridgehead atoms. The number of benzene rings is 1. The second-order valence-electron chi connectivity index (χ2n) is 6.21.